The summed E-state index contributed by atoms with van der Waals surface area (Å²) in [5.41, 5.74) is 2.83. The normalized spacial score (nSPS) is 30.2. The van der Waals surface area contributed by atoms with Gasteiger partial charge in [0.1, 0.15) is 5.69 Å². The van der Waals surface area contributed by atoms with Crippen LogP contribution >= 0.6 is 0 Å². The molecule has 0 radical (unpaired) electrons. The van der Waals surface area contributed by atoms with E-state index >= 15 is 0 Å². The number of hydrogen-bond donors (Lipinski definition) is 1. The molecule has 3 aliphatic heterocycles. The van der Waals surface area contributed by atoms with Crippen LogP contribution in [0.4, 0.5) is 0 Å². The van der Waals surface area contributed by atoms with E-state index < -0.39 is 0 Å². The summed E-state index contributed by atoms with van der Waals surface area (Å²) in [6.45, 7) is 6.99. The summed E-state index contributed by atoms with van der Waals surface area (Å²) >= 11 is 0. The Kier molecular flexibility index (Phi) is 7.77. The third kappa shape index (κ3) is 4.98. The molecule has 0 unspecified atom stereocenters. The average molecular weight is 459 g/mol. The second kappa shape index (κ2) is 10.6. The Morgan fingerprint density at radius 3 is 2.39 bits per heavy atom. The maximum Gasteiger partial charge on any atom is 0.290 e. The van der Waals surface area contributed by atoms with E-state index in [9.17, 15) is 4.79 Å². The van der Waals surface area contributed by atoms with Crippen molar-refractivity contribution in [2.45, 2.75) is 90.1 Å². The molecule has 1 amide bonds. The standard InChI is InChI=1S/C25H40N4O.CH2O2/c1-17-18(2)26-27(3)24(17)25(30)28-15-20-14-21(16-28)23(13-19-9-5-4-6-10-19)29-12-8-7-11-22(20)29;2-1-3/h19-23H,4-16H2,1-3H3;1H,(H,2,3)/t20-,21+,22+,23+;/m1./s1. The van der Waals surface area contributed by atoms with Crippen molar-refractivity contribution in [1.29, 1.82) is 0 Å². The molecule has 4 fully saturated rings. The molecule has 7 nitrogen and oxygen atoms in total. The van der Waals surface area contributed by atoms with Crippen LogP contribution < -0.4 is 0 Å². The van der Waals surface area contributed by atoms with Gasteiger partial charge in [-0.25, -0.2) is 0 Å². The minimum atomic E-state index is -0.250. The highest BCUT2D eigenvalue weighted by molar-refractivity contribution is 5.94. The van der Waals surface area contributed by atoms with Crippen LogP contribution in [0.15, 0.2) is 0 Å². The Morgan fingerprint density at radius 1 is 1.06 bits per heavy atom. The lowest BCUT2D eigenvalue weighted by Gasteiger charge is -2.57. The molecule has 5 rings (SSSR count). The fourth-order valence-electron chi connectivity index (χ4n) is 7.38. The third-order valence-corrected chi connectivity index (χ3v) is 8.93. The number of piperidine rings is 3. The molecular weight excluding hydrogens is 416 g/mol. The number of aromatic nitrogens is 2. The summed E-state index contributed by atoms with van der Waals surface area (Å²) in [7, 11) is 1.92. The number of carbonyl (C=O) groups is 2. The number of amides is 1. The maximum atomic E-state index is 13.6. The average Bonchev–Trinajstić information content (AvgIpc) is 3.08. The van der Waals surface area contributed by atoms with E-state index in [1.807, 2.05) is 18.7 Å². The van der Waals surface area contributed by atoms with Crippen molar-refractivity contribution in [3.8, 4) is 0 Å². The monoisotopic (exact) mass is 458 g/mol. The number of carboxylic acid groups (broad SMARTS) is 1. The molecule has 0 spiro atoms. The number of likely N-dealkylation sites (tertiary alicyclic amines) is 1. The van der Waals surface area contributed by atoms with Gasteiger partial charge in [-0.3, -0.25) is 19.2 Å². The first-order chi connectivity index (χ1) is 15.9. The van der Waals surface area contributed by atoms with E-state index in [-0.39, 0.29) is 12.4 Å². The molecule has 4 aliphatic rings. The summed E-state index contributed by atoms with van der Waals surface area (Å²) in [6, 6.07) is 1.40. The molecule has 2 bridgehead atoms. The molecule has 184 valence electrons. The molecule has 7 heteroatoms. The molecule has 33 heavy (non-hydrogen) atoms. The van der Waals surface area contributed by atoms with Crippen LogP contribution in [0.25, 0.3) is 0 Å². The Hall–Kier alpha value is -1.89. The molecule has 4 heterocycles. The topological polar surface area (TPSA) is 78.7 Å². The predicted octanol–water partition coefficient (Wildman–Crippen LogP) is 4.02. The first kappa shape index (κ1) is 24.2. The van der Waals surface area contributed by atoms with Gasteiger partial charge in [0, 0.05) is 37.8 Å². The fraction of sp³-hybridized carbons (Fsp3) is 0.808. The second-order valence-electron chi connectivity index (χ2n) is 10.9. The smallest absolute Gasteiger partial charge is 0.290 e. The molecule has 3 saturated heterocycles. The lowest BCUT2D eigenvalue weighted by atomic mass is 9.69. The van der Waals surface area contributed by atoms with Gasteiger partial charge in [-0.15, -0.1) is 0 Å². The van der Waals surface area contributed by atoms with E-state index in [1.165, 1.54) is 70.8 Å². The molecule has 1 saturated carbocycles. The zero-order chi connectivity index (χ0) is 23.5. The number of carbonyl (C=O) groups excluding carboxylic acids is 1. The molecule has 4 atom stereocenters. The predicted molar refractivity (Wildman–Crippen MR) is 128 cm³/mol. The van der Waals surface area contributed by atoms with Crippen molar-refractivity contribution in [3.05, 3.63) is 17.0 Å². The Balaban J connectivity index is 0.000000821. The Labute approximate surface area is 198 Å². The lowest BCUT2D eigenvalue weighted by molar-refractivity contribution is -0.122. The van der Waals surface area contributed by atoms with E-state index in [4.69, 9.17) is 9.90 Å². The highest BCUT2D eigenvalue weighted by Crippen LogP contribution is 2.44. The van der Waals surface area contributed by atoms with Gasteiger partial charge in [0.2, 0.25) is 0 Å². The Bertz CT molecular complexity index is 832. The van der Waals surface area contributed by atoms with Crippen molar-refractivity contribution in [1.82, 2.24) is 19.6 Å². The summed E-state index contributed by atoms with van der Waals surface area (Å²) in [5, 5.41) is 11.4. The van der Waals surface area contributed by atoms with E-state index in [1.54, 1.807) is 0 Å². The summed E-state index contributed by atoms with van der Waals surface area (Å²) < 4.78 is 1.81. The van der Waals surface area contributed by atoms with E-state index in [0.29, 0.717) is 23.9 Å². The van der Waals surface area contributed by atoms with Crippen molar-refractivity contribution in [3.63, 3.8) is 0 Å². The molecule has 1 aromatic heterocycles. The van der Waals surface area contributed by atoms with Crippen LogP contribution in [0.1, 0.15) is 86.0 Å². The largest absolute Gasteiger partial charge is 0.483 e. The number of rotatable bonds is 3. The molecule has 1 aromatic rings. The number of hydrogen-bond acceptors (Lipinski definition) is 4. The molecule has 1 aliphatic carbocycles. The third-order valence-electron chi connectivity index (χ3n) is 8.93. The first-order valence-electron chi connectivity index (χ1n) is 13.1. The number of fused-ring (bicyclic) bond motifs is 4. The Morgan fingerprint density at radius 2 is 1.73 bits per heavy atom. The fourth-order valence-corrected chi connectivity index (χ4v) is 7.38. The highest BCUT2D eigenvalue weighted by atomic mass is 16.3. The SMILES string of the molecule is Cc1nn(C)c(C(=O)N2C[C@H]3C[C@@H](C2)[C@H](CC2CCCCC2)N2CCCC[C@@H]32)c1C.O=CO. The lowest BCUT2D eigenvalue weighted by Crippen LogP contribution is -2.64. The van der Waals surface area contributed by atoms with Gasteiger partial charge in [-0.1, -0.05) is 38.5 Å². The van der Waals surface area contributed by atoms with Crippen LogP contribution in [0.5, 0.6) is 0 Å². The van der Waals surface area contributed by atoms with Crippen molar-refractivity contribution < 1.29 is 14.7 Å². The van der Waals surface area contributed by atoms with Crippen LogP contribution in [0.3, 0.4) is 0 Å². The van der Waals surface area contributed by atoms with Crippen molar-refractivity contribution in [2.75, 3.05) is 19.6 Å². The molecular formula is C26H42N4O3. The van der Waals surface area contributed by atoms with Gasteiger partial charge in [0.15, 0.2) is 0 Å². The second-order valence-corrected chi connectivity index (χ2v) is 10.9. The minimum absolute atomic E-state index is 0.214. The zero-order valence-corrected chi connectivity index (χ0v) is 20.7. The number of nitrogens with zero attached hydrogens (tertiary/aromatic N) is 4. The first-order valence-corrected chi connectivity index (χ1v) is 13.1. The summed E-state index contributed by atoms with van der Waals surface area (Å²) in [4.78, 5) is 27.1. The van der Waals surface area contributed by atoms with Crippen LogP contribution in [-0.4, -0.2) is 68.8 Å². The molecule has 0 aromatic carbocycles. The highest BCUT2D eigenvalue weighted by Gasteiger charge is 2.48. The maximum absolute atomic E-state index is 13.6. The van der Waals surface area contributed by atoms with Crippen LogP contribution in [-0.2, 0) is 11.8 Å². The van der Waals surface area contributed by atoms with Crippen LogP contribution in [0.2, 0.25) is 0 Å². The van der Waals surface area contributed by atoms with Gasteiger partial charge in [0.05, 0.1) is 5.69 Å². The van der Waals surface area contributed by atoms with Crippen molar-refractivity contribution >= 4 is 12.4 Å². The number of aryl methyl sites for hydroxylation is 2. The van der Waals surface area contributed by atoms with Gasteiger partial charge in [0.25, 0.3) is 12.4 Å². The van der Waals surface area contributed by atoms with Gasteiger partial charge in [-0.05, 0) is 63.8 Å². The van der Waals surface area contributed by atoms with Gasteiger partial charge < -0.3 is 10.0 Å². The summed E-state index contributed by atoms with van der Waals surface area (Å²) in [6.07, 6.45) is 13.9. The van der Waals surface area contributed by atoms with E-state index in [0.717, 1.165) is 36.0 Å². The minimum Gasteiger partial charge on any atom is -0.483 e. The van der Waals surface area contributed by atoms with E-state index in [2.05, 4.69) is 21.8 Å². The zero-order valence-electron chi connectivity index (χ0n) is 20.7. The van der Waals surface area contributed by atoms with Gasteiger partial charge in [-0.2, -0.15) is 5.10 Å². The quantitative estimate of drug-likeness (QED) is 0.692. The van der Waals surface area contributed by atoms with Crippen LogP contribution in [0, 0.1) is 31.6 Å². The van der Waals surface area contributed by atoms with Crippen molar-refractivity contribution in [2.24, 2.45) is 24.8 Å². The molecule has 1 N–H and O–H groups in total. The summed E-state index contributed by atoms with van der Waals surface area (Å²) in [5.74, 6) is 2.44. The van der Waals surface area contributed by atoms with Gasteiger partial charge >= 0.3 is 0 Å².